The van der Waals surface area contributed by atoms with Gasteiger partial charge in [0.1, 0.15) is 0 Å². The molecule has 0 atom stereocenters. The van der Waals surface area contributed by atoms with Gasteiger partial charge in [-0.1, -0.05) is 78.9 Å². The number of pyridine rings is 1. The van der Waals surface area contributed by atoms with Crippen LogP contribution in [0.3, 0.4) is 0 Å². The Balaban J connectivity index is 1.48. The first-order valence-corrected chi connectivity index (χ1v) is 14.8. The highest BCUT2D eigenvalue weighted by atomic mass is 32.1. The van der Waals surface area contributed by atoms with Gasteiger partial charge in [-0.2, -0.15) is 0 Å². The van der Waals surface area contributed by atoms with Crippen molar-refractivity contribution in [2.45, 2.75) is 0 Å². The number of thiophene rings is 1. The van der Waals surface area contributed by atoms with E-state index in [9.17, 15) is 0 Å². The molecule has 10 rings (SSSR count). The number of fused-ring (bicyclic) bond motifs is 14. The molecule has 4 heterocycles. The summed E-state index contributed by atoms with van der Waals surface area (Å²) in [6, 6.07) is 46.9. The van der Waals surface area contributed by atoms with Gasteiger partial charge in [0.2, 0.25) is 0 Å². The average Bonchev–Trinajstić information content (AvgIpc) is 3.69. The summed E-state index contributed by atoms with van der Waals surface area (Å²) in [5, 5.41) is 11.7. The van der Waals surface area contributed by atoms with Crippen molar-refractivity contribution in [1.82, 2.24) is 8.97 Å². The predicted molar refractivity (Wildman–Crippen MR) is 177 cm³/mol. The number of nitrogens with zero attached hydrogens (tertiary/aromatic N) is 2. The molecule has 10 aromatic rings. The van der Waals surface area contributed by atoms with Gasteiger partial charge in [-0.3, -0.25) is 0 Å². The molecule has 0 amide bonds. The Hall–Kier alpha value is -5.12. The van der Waals surface area contributed by atoms with Crippen LogP contribution >= 0.6 is 11.3 Å². The number of hydrogen-bond acceptors (Lipinski definition) is 1. The van der Waals surface area contributed by atoms with Crippen molar-refractivity contribution < 1.29 is 0 Å². The van der Waals surface area contributed by atoms with Gasteiger partial charge < -0.3 is 8.97 Å². The molecule has 0 aliphatic rings. The fraction of sp³-hybridized carbons (Fsp3) is 0. The molecule has 0 radical (unpaired) electrons. The Labute approximate surface area is 238 Å². The van der Waals surface area contributed by atoms with Gasteiger partial charge in [0, 0.05) is 64.4 Å². The Morgan fingerprint density at radius 3 is 2.02 bits per heavy atom. The van der Waals surface area contributed by atoms with Gasteiger partial charge in [-0.15, -0.1) is 11.3 Å². The van der Waals surface area contributed by atoms with Crippen LogP contribution in [0.4, 0.5) is 0 Å². The van der Waals surface area contributed by atoms with Crippen molar-refractivity contribution >= 4 is 91.3 Å². The molecule has 0 fully saturated rings. The Bertz CT molecular complexity index is 2690. The summed E-state index contributed by atoms with van der Waals surface area (Å²) in [7, 11) is 0. The number of rotatable bonds is 1. The highest BCUT2D eigenvalue weighted by Gasteiger charge is 2.19. The third kappa shape index (κ3) is 2.81. The van der Waals surface area contributed by atoms with Crippen molar-refractivity contribution in [2.24, 2.45) is 0 Å². The molecule has 0 spiro atoms. The van der Waals surface area contributed by atoms with Crippen molar-refractivity contribution in [1.29, 1.82) is 0 Å². The van der Waals surface area contributed by atoms with Crippen molar-refractivity contribution in [2.75, 3.05) is 0 Å². The first-order valence-electron chi connectivity index (χ1n) is 14.0. The maximum atomic E-state index is 2.45. The first kappa shape index (κ1) is 21.7. The maximum Gasteiger partial charge on any atom is 0.0613 e. The summed E-state index contributed by atoms with van der Waals surface area (Å²) in [6.45, 7) is 0. The molecule has 0 aliphatic carbocycles. The second-order valence-corrected chi connectivity index (χ2v) is 12.1. The van der Waals surface area contributed by atoms with Gasteiger partial charge in [-0.05, 0) is 53.9 Å². The van der Waals surface area contributed by atoms with E-state index < -0.39 is 0 Å². The van der Waals surface area contributed by atoms with E-state index in [0.717, 1.165) is 0 Å². The molecule has 0 aliphatic heterocycles. The normalized spacial score (nSPS) is 12.4. The Morgan fingerprint density at radius 1 is 0.415 bits per heavy atom. The second kappa shape index (κ2) is 7.75. The van der Waals surface area contributed by atoms with Gasteiger partial charge in [0.05, 0.1) is 22.1 Å². The minimum Gasteiger partial charge on any atom is -0.315 e. The van der Waals surface area contributed by atoms with E-state index in [0.29, 0.717) is 0 Å². The minimum atomic E-state index is 1.18. The molecular formula is C38H22N2S. The number of para-hydroxylation sites is 2. The number of aromatic nitrogens is 2. The van der Waals surface area contributed by atoms with Crippen molar-refractivity contribution in [3.05, 3.63) is 134 Å². The van der Waals surface area contributed by atoms with E-state index in [1.165, 1.54) is 85.6 Å². The van der Waals surface area contributed by atoms with Gasteiger partial charge in [-0.25, -0.2) is 0 Å². The molecule has 2 nitrogen and oxygen atoms in total. The molecule has 0 unspecified atom stereocenters. The van der Waals surface area contributed by atoms with Gasteiger partial charge >= 0.3 is 0 Å². The molecule has 41 heavy (non-hydrogen) atoms. The summed E-state index contributed by atoms with van der Waals surface area (Å²) >= 11 is 1.89. The van der Waals surface area contributed by atoms with E-state index in [1.54, 1.807) is 0 Å². The van der Waals surface area contributed by atoms with Crippen LogP contribution in [0.2, 0.25) is 0 Å². The molecule has 3 heteroatoms. The minimum absolute atomic E-state index is 1.18. The van der Waals surface area contributed by atoms with Crippen molar-refractivity contribution in [3.8, 4) is 5.69 Å². The molecule has 190 valence electrons. The average molecular weight is 539 g/mol. The predicted octanol–water partition coefficient (Wildman–Crippen LogP) is 10.9. The lowest BCUT2D eigenvalue weighted by molar-refractivity contribution is 1.18. The lowest BCUT2D eigenvalue weighted by atomic mass is 9.99. The van der Waals surface area contributed by atoms with Gasteiger partial charge in [0.25, 0.3) is 0 Å². The van der Waals surface area contributed by atoms with E-state index in [2.05, 4.69) is 143 Å². The van der Waals surface area contributed by atoms with Crippen LogP contribution in [-0.2, 0) is 0 Å². The Kier molecular flexibility index (Phi) is 4.10. The summed E-state index contributed by atoms with van der Waals surface area (Å²) < 4.78 is 7.53. The third-order valence-electron chi connectivity index (χ3n) is 8.85. The zero-order valence-electron chi connectivity index (χ0n) is 22.0. The van der Waals surface area contributed by atoms with E-state index >= 15 is 0 Å². The zero-order valence-corrected chi connectivity index (χ0v) is 22.8. The third-order valence-corrected chi connectivity index (χ3v) is 9.98. The topological polar surface area (TPSA) is 9.34 Å². The van der Waals surface area contributed by atoms with Gasteiger partial charge in [0.15, 0.2) is 0 Å². The molecule has 4 aromatic heterocycles. The second-order valence-electron chi connectivity index (χ2n) is 11.0. The van der Waals surface area contributed by atoms with E-state index in [-0.39, 0.29) is 0 Å². The standard InChI is InChI=1S/C38H22N2S/c1-2-11-24(12-3-1)40-33-16-8-6-14-26(33)29-18-30-28-20-37-31(27-15-7-9-17-36(27)41-37)19-32(28)38-25-13-5-4-10-23(25)22-39(38)34(30)21-35(29)40/h1-22H. The fourth-order valence-corrected chi connectivity index (χ4v) is 8.22. The quantitative estimate of drug-likeness (QED) is 0.184. The lowest BCUT2D eigenvalue weighted by Crippen LogP contribution is -1.95. The van der Waals surface area contributed by atoms with Crippen LogP contribution in [0.1, 0.15) is 0 Å². The zero-order chi connectivity index (χ0) is 26.7. The van der Waals surface area contributed by atoms with Crippen LogP contribution in [0.5, 0.6) is 0 Å². The highest BCUT2D eigenvalue weighted by molar-refractivity contribution is 7.25. The number of benzene rings is 6. The smallest absolute Gasteiger partial charge is 0.0613 e. The SMILES string of the molecule is c1ccc(-n2c3ccccc3c3cc4c5cc6sc7ccccc7c6cc5c5c6ccccc6cn5c4cc32)cc1. The Morgan fingerprint density at radius 2 is 1.12 bits per heavy atom. The lowest BCUT2D eigenvalue weighted by Gasteiger charge is -2.12. The summed E-state index contributed by atoms with van der Waals surface area (Å²) in [4.78, 5) is 0. The fourth-order valence-electron chi connectivity index (χ4n) is 7.09. The van der Waals surface area contributed by atoms with E-state index in [4.69, 9.17) is 0 Å². The molecule has 0 N–H and O–H groups in total. The summed E-state index contributed by atoms with van der Waals surface area (Å²) in [5.41, 5.74) is 6.15. The molecule has 0 bridgehead atoms. The molecule has 0 saturated carbocycles. The van der Waals surface area contributed by atoms with E-state index in [1.807, 2.05) is 11.3 Å². The first-order chi connectivity index (χ1) is 20.3. The largest absolute Gasteiger partial charge is 0.315 e. The molecular weight excluding hydrogens is 516 g/mol. The van der Waals surface area contributed by atoms with Crippen LogP contribution < -0.4 is 0 Å². The van der Waals surface area contributed by atoms with Crippen LogP contribution in [-0.4, -0.2) is 8.97 Å². The summed E-state index contributed by atoms with van der Waals surface area (Å²) in [5.74, 6) is 0. The molecule has 6 aromatic carbocycles. The number of hydrogen-bond donors (Lipinski definition) is 0. The van der Waals surface area contributed by atoms with Crippen molar-refractivity contribution in [3.63, 3.8) is 0 Å². The van der Waals surface area contributed by atoms with Crippen LogP contribution in [0, 0.1) is 0 Å². The highest BCUT2D eigenvalue weighted by Crippen LogP contribution is 2.43. The monoisotopic (exact) mass is 538 g/mol. The van der Waals surface area contributed by atoms with Crippen LogP contribution in [0.15, 0.2) is 134 Å². The summed E-state index contributed by atoms with van der Waals surface area (Å²) in [6.07, 6.45) is 2.32. The van der Waals surface area contributed by atoms with Crippen LogP contribution in [0.25, 0.3) is 85.6 Å². The molecule has 0 saturated heterocycles. The maximum absolute atomic E-state index is 2.45.